The van der Waals surface area contributed by atoms with Gasteiger partial charge in [0, 0.05) is 11.5 Å². The van der Waals surface area contributed by atoms with Crippen molar-refractivity contribution < 1.29 is 4.79 Å². The summed E-state index contributed by atoms with van der Waals surface area (Å²) in [5, 5.41) is 3.11. The van der Waals surface area contributed by atoms with Crippen LogP contribution in [0.15, 0.2) is 22.8 Å². The summed E-state index contributed by atoms with van der Waals surface area (Å²) in [6.45, 7) is 1.77. The molecule has 1 N–H and O–H groups in total. The highest BCUT2D eigenvalue weighted by Gasteiger charge is 2.10. The Morgan fingerprint density at radius 3 is 2.88 bits per heavy atom. The lowest BCUT2D eigenvalue weighted by atomic mass is 10.3. The maximum absolute atomic E-state index is 11.7. The lowest BCUT2D eigenvalue weighted by Crippen LogP contribution is -2.13. The number of anilines is 1. The van der Waals surface area contributed by atoms with Crippen LogP contribution in [0.4, 0.5) is 5.13 Å². The number of rotatable bonds is 2. The molecule has 82 valence electrons. The Morgan fingerprint density at radius 1 is 1.44 bits per heavy atom. The van der Waals surface area contributed by atoms with E-state index >= 15 is 0 Å². The lowest BCUT2D eigenvalue weighted by molar-refractivity contribution is 0.102. The number of nitrogens with zero attached hydrogens (tertiary/aromatic N) is 3. The van der Waals surface area contributed by atoms with Crippen LogP contribution in [-0.4, -0.2) is 20.2 Å². The van der Waals surface area contributed by atoms with Gasteiger partial charge in [-0.05, 0) is 35.0 Å². The van der Waals surface area contributed by atoms with Gasteiger partial charge in [0.1, 0.15) is 16.1 Å². The number of carbonyl (C=O) groups is 1. The molecule has 2 aromatic heterocycles. The number of aromatic nitrogens is 3. The molecular formula is C9H7BrN4OS. The highest BCUT2D eigenvalue weighted by molar-refractivity contribution is 9.10. The number of carbonyl (C=O) groups excluding carboxylic acids is 1. The fourth-order valence-electron chi connectivity index (χ4n) is 1.04. The molecule has 5 nitrogen and oxygen atoms in total. The fourth-order valence-corrected chi connectivity index (χ4v) is 1.96. The van der Waals surface area contributed by atoms with Crippen LogP contribution >= 0.6 is 27.5 Å². The third kappa shape index (κ3) is 2.61. The second-order valence-corrected chi connectivity index (χ2v) is 4.51. The SMILES string of the molecule is Cc1nsc(NC(=O)c2cccc(Br)n2)n1. The van der Waals surface area contributed by atoms with Gasteiger partial charge in [-0.25, -0.2) is 9.97 Å². The molecule has 0 aromatic carbocycles. The summed E-state index contributed by atoms with van der Waals surface area (Å²) < 4.78 is 4.59. The van der Waals surface area contributed by atoms with E-state index < -0.39 is 0 Å². The number of hydrogen-bond donors (Lipinski definition) is 1. The Kier molecular flexibility index (Phi) is 3.25. The summed E-state index contributed by atoms with van der Waals surface area (Å²) in [6.07, 6.45) is 0. The minimum absolute atomic E-state index is 0.294. The first-order valence-corrected chi connectivity index (χ1v) is 5.96. The van der Waals surface area contributed by atoms with E-state index in [2.05, 4.69) is 35.6 Å². The molecule has 0 saturated heterocycles. The van der Waals surface area contributed by atoms with Crippen LogP contribution in [0.2, 0.25) is 0 Å². The minimum Gasteiger partial charge on any atom is -0.295 e. The average Bonchev–Trinajstić information content (AvgIpc) is 2.64. The molecule has 2 aromatic rings. The van der Waals surface area contributed by atoms with Crippen LogP contribution in [0.5, 0.6) is 0 Å². The molecule has 0 atom stereocenters. The second-order valence-electron chi connectivity index (χ2n) is 2.95. The normalized spacial score (nSPS) is 10.1. The Labute approximate surface area is 104 Å². The number of hydrogen-bond acceptors (Lipinski definition) is 5. The largest absolute Gasteiger partial charge is 0.295 e. The third-order valence-corrected chi connectivity index (χ3v) is 2.86. The van der Waals surface area contributed by atoms with Gasteiger partial charge in [0.15, 0.2) is 0 Å². The quantitative estimate of drug-likeness (QED) is 0.864. The van der Waals surface area contributed by atoms with Crippen molar-refractivity contribution >= 4 is 38.5 Å². The zero-order valence-corrected chi connectivity index (χ0v) is 10.7. The van der Waals surface area contributed by atoms with E-state index in [0.717, 1.165) is 11.5 Å². The van der Waals surface area contributed by atoms with Crippen molar-refractivity contribution in [2.24, 2.45) is 0 Å². The van der Waals surface area contributed by atoms with Crippen molar-refractivity contribution in [1.29, 1.82) is 0 Å². The molecule has 7 heteroatoms. The molecule has 0 aliphatic carbocycles. The zero-order valence-electron chi connectivity index (χ0n) is 8.27. The van der Waals surface area contributed by atoms with Crippen LogP contribution in [0.1, 0.15) is 16.3 Å². The molecule has 0 spiro atoms. The number of amides is 1. The van der Waals surface area contributed by atoms with Crippen LogP contribution in [0.25, 0.3) is 0 Å². The summed E-state index contributed by atoms with van der Waals surface area (Å²) in [4.78, 5) is 19.8. The molecule has 0 fully saturated rings. The first-order chi connectivity index (χ1) is 7.65. The maximum Gasteiger partial charge on any atom is 0.276 e. The molecular weight excluding hydrogens is 292 g/mol. The van der Waals surface area contributed by atoms with Gasteiger partial charge in [-0.15, -0.1) is 0 Å². The summed E-state index contributed by atoms with van der Waals surface area (Å²) in [5.41, 5.74) is 0.335. The van der Waals surface area contributed by atoms with E-state index in [9.17, 15) is 4.79 Å². The molecule has 0 bridgehead atoms. The molecule has 2 rings (SSSR count). The molecule has 0 unspecified atom stereocenters. The summed E-state index contributed by atoms with van der Waals surface area (Å²) in [7, 11) is 0. The van der Waals surface area contributed by atoms with Crippen molar-refractivity contribution in [2.75, 3.05) is 5.32 Å². The van der Waals surface area contributed by atoms with Crippen molar-refractivity contribution in [3.8, 4) is 0 Å². The van der Waals surface area contributed by atoms with Crippen molar-refractivity contribution in [2.45, 2.75) is 6.92 Å². The smallest absolute Gasteiger partial charge is 0.276 e. The first kappa shape index (κ1) is 11.2. The van der Waals surface area contributed by atoms with Gasteiger partial charge in [0.2, 0.25) is 5.13 Å². The topological polar surface area (TPSA) is 67.8 Å². The number of aryl methyl sites for hydroxylation is 1. The van der Waals surface area contributed by atoms with Gasteiger partial charge < -0.3 is 0 Å². The highest BCUT2D eigenvalue weighted by atomic mass is 79.9. The molecule has 16 heavy (non-hydrogen) atoms. The zero-order chi connectivity index (χ0) is 11.5. The molecule has 0 radical (unpaired) electrons. The summed E-state index contributed by atoms with van der Waals surface area (Å²) in [5.74, 6) is 0.347. The lowest BCUT2D eigenvalue weighted by Gasteiger charge is -2.00. The van der Waals surface area contributed by atoms with Gasteiger partial charge in [-0.1, -0.05) is 6.07 Å². The van der Waals surface area contributed by atoms with Gasteiger partial charge in [-0.2, -0.15) is 4.37 Å². The van der Waals surface area contributed by atoms with Gasteiger partial charge in [-0.3, -0.25) is 10.1 Å². The van der Waals surface area contributed by atoms with E-state index in [0.29, 0.717) is 21.3 Å². The Hall–Kier alpha value is -1.34. The van der Waals surface area contributed by atoms with Crippen molar-refractivity contribution in [3.05, 3.63) is 34.3 Å². The monoisotopic (exact) mass is 298 g/mol. The summed E-state index contributed by atoms with van der Waals surface area (Å²) >= 11 is 4.35. The Balaban J connectivity index is 2.14. The minimum atomic E-state index is -0.294. The van der Waals surface area contributed by atoms with Gasteiger partial charge in [0.05, 0.1) is 0 Å². The van der Waals surface area contributed by atoms with Crippen molar-refractivity contribution in [1.82, 2.24) is 14.3 Å². The number of nitrogens with one attached hydrogen (secondary N) is 1. The maximum atomic E-state index is 11.7. The molecule has 0 saturated carbocycles. The van der Waals surface area contributed by atoms with Crippen molar-refractivity contribution in [3.63, 3.8) is 0 Å². The first-order valence-electron chi connectivity index (χ1n) is 4.39. The number of halogens is 1. The standard InChI is InChI=1S/C9H7BrN4OS/c1-5-11-9(16-14-5)13-8(15)6-3-2-4-7(10)12-6/h2-4H,1H3,(H,11,13,14,15). The number of pyridine rings is 1. The summed E-state index contributed by atoms with van der Waals surface area (Å²) in [6, 6.07) is 5.14. The third-order valence-electron chi connectivity index (χ3n) is 1.70. The predicted octanol–water partition coefficient (Wildman–Crippen LogP) is 2.26. The molecule has 1 amide bonds. The van der Waals surface area contributed by atoms with E-state index in [1.165, 1.54) is 0 Å². The van der Waals surface area contributed by atoms with E-state index in [-0.39, 0.29) is 5.91 Å². The average molecular weight is 299 g/mol. The fraction of sp³-hybridized carbons (Fsp3) is 0.111. The van der Waals surface area contributed by atoms with Crippen LogP contribution in [0.3, 0.4) is 0 Å². The Bertz CT molecular complexity index is 528. The molecule has 0 aliphatic heterocycles. The van der Waals surface area contributed by atoms with E-state index in [4.69, 9.17) is 0 Å². The molecule has 0 aliphatic rings. The van der Waals surface area contributed by atoms with Gasteiger partial charge >= 0.3 is 0 Å². The predicted molar refractivity (Wildman–Crippen MR) is 64.5 cm³/mol. The van der Waals surface area contributed by atoms with Crippen LogP contribution < -0.4 is 5.32 Å². The van der Waals surface area contributed by atoms with E-state index in [1.54, 1.807) is 25.1 Å². The van der Waals surface area contributed by atoms with Crippen LogP contribution in [0, 0.1) is 6.92 Å². The molecule has 2 heterocycles. The van der Waals surface area contributed by atoms with Crippen LogP contribution in [-0.2, 0) is 0 Å². The Morgan fingerprint density at radius 2 is 2.25 bits per heavy atom. The van der Waals surface area contributed by atoms with E-state index in [1.807, 2.05) is 0 Å². The van der Waals surface area contributed by atoms with Gasteiger partial charge in [0.25, 0.3) is 5.91 Å². The second kappa shape index (κ2) is 4.67. The highest BCUT2D eigenvalue weighted by Crippen LogP contribution is 2.12.